The molecule has 5 rings (SSSR count). The average Bonchev–Trinajstić information content (AvgIpc) is 3.93. The highest BCUT2D eigenvalue weighted by Gasteiger charge is 2.44. The summed E-state index contributed by atoms with van der Waals surface area (Å²) in [6.45, 7) is 1.49. The van der Waals surface area contributed by atoms with E-state index >= 15 is 0 Å². The number of carboxylic acid groups (broad SMARTS) is 1. The van der Waals surface area contributed by atoms with Crippen molar-refractivity contribution < 1.29 is 34.4 Å². The van der Waals surface area contributed by atoms with Crippen LogP contribution in [0.1, 0.15) is 89.7 Å². The number of ether oxygens (including phenoxy) is 1. The van der Waals surface area contributed by atoms with Crippen molar-refractivity contribution in [3.05, 3.63) is 12.7 Å². The Morgan fingerprint density at radius 3 is 2.73 bits per heavy atom. The summed E-state index contributed by atoms with van der Waals surface area (Å²) < 4.78 is 7.48. The molecule has 3 fully saturated rings. The number of nitrogens with two attached hydrogens (primary N) is 1. The number of aliphatic imine (C=N–C) groups is 2. The molecule has 0 bridgehead atoms. The first-order valence-electron chi connectivity index (χ1n) is 19.4. The number of nitrogen functional groups attached to an aromatic ring is 1. The first-order chi connectivity index (χ1) is 26.7. The number of hydrogen-bond donors (Lipinski definition) is 7. The maximum atomic E-state index is 12.1. The van der Waals surface area contributed by atoms with Crippen LogP contribution in [0.3, 0.4) is 0 Å². The van der Waals surface area contributed by atoms with E-state index in [2.05, 4.69) is 40.9 Å². The number of nitrogens with one attached hydrogen (secondary N) is 3. The molecule has 8 N–H and O–H groups in total. The zero-order valence-corrected chi connectivity index (χ0v) is 32.8. The van der Waals surface area contributed by atoms with Gasteiger partial charge in [-0.3, -0.25) is 19.3 Å². The molecule has 3 amide bonds. The standard InChI is InChI=1S/C36H56N10O7S2/c37-32-29-33(42-21-41-32)46(22-43-29)34-31(49)30(48)25(53-34)20-54-18-13-23(35(50)51)39-16-9-3-1-2-7-14-38-15-8-4-10-17-40-27(47)12-6-5-11-26-28-24(19-55-26)44-36(52)45-28/h14,16,21-26,28,30-31,34,48-49H,1-13,15,17-20H2,(H,40,47)(H,50,51)(H2,37,41,42)(H2,44,45,52)/b38-14-,39-16+/t23-,24-,25+,26-,28-,30+,31+,34-/m0/s1. The quantitative estimate of drug-likeness (QED) is 0.0434. The molecule has 3 aliphatic heterocycles. The van der Waals surface area contributed by atoms with E-state index in [1.165, 1.54) is 29.0 Å². The van der Waals surface area contributed by atoms with Gasteiger partial charge in [0, 0.05) is 36.3 Å². The van der Waals surface area contributed by atoms with Crippen molar-refractivity contribution in [1.82, 2.24) is 35.5 Å². The second-order valence-electron chi connectivity index (χ2n) is 14.2. The number of unbranched alkanes of at least 4 members (excludes halogenated alkanes) is 7. The van der Waals surface area contributed by atoms with Gasteiger partial charge in [-0.1, -0.05) is 12.8 Å². The third kappa shape index (κ3) is 12.7. The minimum Gasteiger partial charge on any atom is -0.480 e. The molecule has 5 heterocycles. The van der Waals surface area contributed by atoms with Gasteiger partial charge in [0.2, 0.25) is 5.91 Å². The molecule has 3 aliphatic rings. The molecule has 19 heteroatoms. The minimum atomic E-state index is -1.20. The lowest BCUT2D eigenvalue weighted by atomic mass is 10.0. The van der Waals surface area contributed by atoms with Gasteiger partial charge in [-0.15, -0.1) is 0 Å². The zero-order valence-electron chi connectivity index (χ0n) is 31.2. The van der Waals surface area contributed by atoms with Crippen LogP contribution in [0.25, 0.3) is 11.2 Å². The SMILES string of the molecule is Nc1ncnc2c1ncn2[C@H]1O[C@H](CSCC[C@H](/N=C/CCCCC/C=N\CCCCCNC(=O)CCCC[C@@H]2SC[C@@H]3NC(=O)N[C@@H]32)C(=O)O)[C@@H](O)[C@H]1O. The van der Waals surface area contributed by atoms with Gasteiger partial charge in [-0.25, -0.2) is 24.5 Å². The van der Waals surface area contributed by atoms with E-state index in [-0.39, 0.29) is 29.8 Å². The predicted molar refractivity (Wildman–Crippen MR) is 215 cm³/mol. The summed E-state index contributed by atoms with van der Waals surface area (Å²) >= 11 is 3.35. The molecule has 0 unspecified atom stereocenters. The van der Waals surface area contributed by atoms with Gasteiger partial charge in [0.05, 0.1) is 24.5 Å². The first kappa shape index (κ1) is 42.6. The third-order valence-corrected chi connectivity index (χ3v) is 12.6. The second kappa shape index (κ2) is 22.3. The lowest BCUT2D eigenvalue weighted by Gasteiger charge is -2.16. The highest BCUT2D eigenvalue weighted by Crippen LogP contribution is 2.34. The van der Waals surface area contributed by atoms with Crippen molar-refractivity contribution in [2.45, 2.75) is 131 Å². The van der Waals surface area contributed by atoms with E-state index in [4.69, 9.17) is 10.5 Å². The fraction of sp³-hybridized carbons (Fsp3) is 0.722. The summed E-state index contributed by atoms with van der Waals surface area (Å²) in [5.41, 5.74) is 6.63. The highest BCUT2D eigenvalue weighted by atomic mass is 32.2. The number of imidazole rings is 1. The number of hydrogen-bond acceptors (Lipinski definition) is 14. The maximum Gasteiger partial charge on any atom is 0.328 e. The molecule has 8 atom stereocenters. The van der Waals surface area contributed by atoms with Crippen LogP contribution in [-0.4, -0.2) is 137 Å². The van der Waals surface area contributed by atoms with Crippen molar-refractivity contribution in [2.75, 3.05) is 36.1 Å². The minimum absolute atomic E-state index is 0.0578. The van der Waals surface area contributed by atoms with Crippen LogP contribution in [0.5, 0.6) is 0 Å². The van der Waals surface area contributed by atoms with Crippen LogP contribution in [-0.2, 0) is 14.3 Å². The number of carboxylic acids is 1. The number of rotatable bonds is 25. The summed E-state index contributed by atoms with van der Waals surface area (Å²) in [7, 11) is 0. The van der Waals surface area contributed by atoms with Crippen LogP contribution in [0.15, 0.2) is 22.6 Å². The number of carbonyl (C=O) groups excluding carboxylic acids is 2. The van der Waals surface area contributed by atoms with Crippen molar-refractivity contribution in [1.29, 1.82) is 0 Å². The fourth-order valence-electron chi connectivity index (χ4n) is 6.94. The van der Waals surface area contributed by atoms with Gasteiger partial charge >= 0.3 is 12.0 Å². The molecule has 0 aromatic carbocycles. The summed E-state index contributed by atoms with van der Waals surface area (Å²) in [4.78, 5) is 56.5. The van der Waals surface area contributed by atoms with Crippen molar-refractivity contribution in [3.8, 4) is 0 Å². The lowest BCUT2D eigenvalue weighted by Crippen LogP contribution is -2.36. The Morgan fingerprint density at radius 1 is 1.07 bits per heavy atom. The molecule has 55 heavy (non-hydrogen) atoms. The number of nitrogens with zero attached hydrogens (tertiary/aromatic N) is 6. The highest BCUT2D eigenvalue weighted by molar-refractivity contribution is 8.00. The molecule has 2 aromatic rings. The van der Waals surface area contributed by atoms with Gasteiger partial charge in [0.15, 0.2) is 17.7 Å². The van der Waals surface area contributed by atoms with E-state index in [0.29, 0.717) is 53.7 Å². The number of aromatic nitrogens is 4. The van der Waals surface area contributed by atoms with E-state index in [0.717, 1.165) is 76.5 Å². The number of urea groups is 1. The van der Waals surface area contributed by atoms with Crippen LogP contribution >= 0.6 is 23.5 Å². The van der Waals surface area contributed by atoms with Crippen LogP contribution in [0, 0.1) is 0 Å². The number of carbonyl (C=O) groups is 3. The smallest absolute Gasteiger partial charge is 0.328 e. The van der Waals surface area contributed by atoms with Gasteiger partial charge < -0.3 is 41.7 Å². The molecule has 17 nitrogen and oxygen atoms in total. The number of aliphatic hydroxyl groups excluding tert-OH is 2. The van der Waals surface area contributed by atoms with Crippen molar-refractivity contribution in [2.24, 2.45) is 9.98 Å². The number of aliphatic carboxylic acids is 1. The Labute approximate surface area is 329 Å². The van der Waals surface area contributed by atoms with E-state index in [9.17, 15) is 29.7 Å². The Balaban J connectivity index is 0.819. The van der Waals surface area contributed by atoms with Gasteiger partial charge in [0.1, 0.15) is 30.1 Å². The summed E-state index contributed by atoms with van der Waals surface area (Å²) in [6, 6.07) is -0.423. The van der Waals surface area contributed by atoms with Crippen LogP contribution in [0.4, 0.5) is 10.6 Å². The maximum absolute atomic E-state index is 12.1. The molecule has 0 radical (unpaired) electrons. The molecular formula is C36H56N10O7S2. The van der Waals surface area contributed by atoms with Crippen molar-refractivity contribution in [3.63, 3.8) is 0 Å². The Kier molecular flexibility index (Phi) is 17.3. The van der Waals surface area contributed by atoms with Crippen molar-refractivity contribution >= 4 is 70.8 Å². The number of fused-ring (bicyclic) bond motifs is 2. The Hall–Kier alpha value is -3.52. The number of anilines is 1. The zero-order chi connectivity index (χ0) is 39.0. The lowest BCUT2D eigenvalue weighted by molar-refractivity contribution is -0.138. The Bertz CT molecular complexity index is 1600. The predicted octanol–water partition coefficient (Wildman–Crippen LogP) is 2.71. The summed E-state index contributed by atoms with van der Waals surface area (Å²) in [6.07, 6.45) is 13.8. The largest absolute Gasteiger partial charge is 0.480 e. The van der Waals surface area contributed by atoms with Crippen LogP contribution in [0.2, 0.25) is 0 Å². The molecule has 0 spiro atoms. The van der Waals surface area contributed by atoms with E-state index in [1.807, 2.05) is 18.0 Å². The van der Waals surface area contributed by atoms with E-state index in [1.54, 1.807) is 6.21 Å². The van der Waals surface area contributed by atoms with Gasteiger partial charge in [-0.2, -0.15) is 23.5 Å². The first-order valence-corrected chi connectivity index (χ1v) is 21.6. The average molecular weight is 805 g/mol. The normalized spacial score (nSPS) is 25.5. The topological polar surface area (TPSA) is 252 Å². The van der Waals surface area contributed by atoms with Crippen LogP contribution < -0.4 is 21.7 Å². The summed E-state index contributed by atoms with van der Waals surface area (Å²) in [5.74, 6) is 1.17. The fourth-order valence-corrected chi connectivity index (χ4v) is 9.54. The molecule has 3 saturated heterocycles. The van der Waals surface area contributed by atoms with Gasteiger partial charge in [-0.05, 0) is 82.4 Å². The monoisotopic (exact) mass is 804 g/mol. The number of amides is 3. The number of thioether (sulfide) groups is 2. The molecule has 0 saturated carbocycles. The summed E-state index contributed by atoms with van der Waals surface area (Å²) in [5, 5.41) is 40.3. The van der Waals surface area contributed by atoms with Gasteiger partial charge in [0.25, 0.3) is 0 Å². The molecule has 304 valence electrons. The molecule has 0 aliphatic carbocycles. The second-order valence-corrected chi connectivity index (χ2v) is 16.6. The van der Waals surface area contributed by atoms with E-state index < -0.39 is 36.6 Å². The molecular weight excluding hydrogens is 749 g/mol. The number of aliphatic hydroxyl groups is 2. The molecule has 2 aromatic heterocycles. The Morgan fingerprint density at radius 2 is 1.89 bits per heavy atom. The third-order valence-electron chi connectivity index (χ3n) is 10.0.